The van der Waals surface area contributed by atoms with Gasteiger partial charge in [0.1, 0.15) is 5.75 Å². The Morgan fingerprint density at radius 1 is 1.24 bits per heavy atom. The third-order valence-corrected chi connectivity index (χ3v) is 2.43. The van der Waals surface area contributed by atoms with Gasteiger partial charge in [0.25, 0.3) is 0 Å². The van der Waals surface area contributed by atoms with Crippen molar-refractivity contribution in [2.24, 2.45) is 5.92 Å². The molecule has 1 aromatic rings. The molecule has 0 aliphatic carbocycles. The summed E-state index contributed by atoms with van der Waals surface area (Å²) >= 11 is 0. The average molecular weight is 235 g/mol. The molecule has 1 rings (SSSR count). The molecule has 0 fully saturated rings. The largest absolute Gasteiger partial charge is 0.412 e. The highest BCUT2D eigenvalue weighted by Crippen LogP contribution is 2.08. The zero-order valence-corrected chi connectivity index (χ0v) is 10.6. The minimum Gasteiger partial charge on any atom is -0.410 e. The van der Waals surface area contributed by atoms with Crippen LogP contribution in [0.2, 0.25) is 0 Å². The highest BCUT2D eigenvalue weighted by atomic mass is 16.5. The fraction of sp³-hybridized carbons (Fsp3) is 0.500. The number of para-hydroxylation sites is 1. The van der Waals surface area contributed by atoms with Crippen LogP contribution >= 0.6 is 0 Å². The van der Waals surface area contributed by atoms with E-state index in [1.807, 2.05) is 18.2 Å². The predicted molar refractivity (Wildman–Crippen MR) is 69.2 cm³/mol. The van der Waals surface area contributed by atoms with Gasteiger partial charge in [-0.1, -0.05) is 44.9 Å². The SMILES string of the molecule is CC(C)CCCCNC(=O)Oc1ccccc1. The number of rotatable bonds is 6. The third kappa shape index (κ3) is 6.61. The molecular weight excluding hydrogens is 214 g/mol. The number of ether oxygens (including phenoxy) is 1. The van der Waals surface area contributed by atoms with Gasteiger partial charge in [-0.3, -0.25) is 0 Å². The quantitative estimate of drug-likeness (QED) is 0.765. The molecule has 0 saturated carbocycles. The summed E-state index contributed by atoms with van der Waals surface area (Å²) in [7, 11) is 0. The van der Waals surface area contributed by atoms with Crippen molar-refractivity contribution in [3.8, 4) is 5.75 Å². The summed E-state index contributed by atoms with van der Waals surface area (Å²) in [4.78, 5) is 11.4. The number of carbonyl (C=O) groups is 1. The van der Waals surface area contributed by atoms with E-state index in [1.54, 1.807) is 12.1 Å². The molecule has 3 heteroatoms. The summed E-state index contributed by atoms with van der Waals surface area (Å²) in [6.07, 6.45) is 2.97. The molecule has 0 bridgehead atoms. The Labute approximate surface area is 103 Å². The maximum atomic E-state index is 11.4. The van der Waals surface area contributed by atoms with Gasteiger partial charge in [-0.2, -0.15) is 0 Å². The minimum absolute atomic E-state index is 0.374. The van der Waals surface area contributed by atoms with Crippen LogP contribution in [-0.2, 0) is 0 Å². The molecule has 3 nitrogen and oxygen atoms in total. The number of amides is 1. The van der Waals surface area contributed by atoms with Gasteiger partial charge in [0, 0.05) is 6.54 Å². The van der Waals surface area contributed by atoms with Crippen LogP contribution in [0.1, 0.15) is 33.1 Å². The van der Waals surface area contributed by atoms with Crippen molar-refractivity contribution in [2.45, 2.75) is 33.1 Å². The summed E-state index contributed by atoms with van der Waals surface area (Å²) < 4.78 is 5.09. The Bertz CT molecular complexity index is 322. The van der Waals surface area contributed by atoms with E-state index in [0.717, 1.165) is 18.8 Å². The van der Waals surface area contributed by atoms with Crippen molar-refractivity contribution in [2.75, 3.05) is 6.54 Å². The van der Waals surface area contributed by atoms with Crippen molar-refractivity contribution >= 4 is 6.09 Å². The van der Waals surface area contributed by atoms with Crippen molar-refractivity contribution in [3.63, 3.8) is 0 Å². The van der Waals surface area contributed by atoms with E-state index in [1.165, 1.54) is 6.42 Å². The van der Waals surface area contributed by atoms with Crippen molar-refractivity contribution in [1.82, 2.24) is 5.32 Å². The van der Waals surface area contributed by atoms with Crippen LogP contribution in [0.5, 0.6) is 5.75 Å². The molecule has 0 aliphatic heterocycles. The first kappa shape index (κ1) is 13.6. The van der Waals surface area contributed by atoms with Gasteiger partial charge in [0.05, 0.1) is 0 Å². The van der Waals surface area contributed by atoms with Crippen LogP contribution in [0.25, 0.3) is 0 Å². The number of unbranched alkanes of at least 4 members (excludes halogenated alkanes) is 1. The number of hydrogen-bond acceptors (Lipinski definition) is 2. The summed E-state index contributed by atoms with van der Waals surface area (Å²) in [6, 6.07) is 9.09. The molecule has 0 spiro atoms. The fourth-order valence-electron chi connectivity index (χ4n) is 1.50. The predicted octanol–water partition coefficient (Wildman–Crippen LogP) is 3.60. The van der Waals surface area contributed by atoms with E-state index in [0.29, 0.717) is 12.3 Å². The van der Waals surface area contributed by atoms with Crippen LogP contribution in [0.3, 0.4) is 0 Å². The van der Waals surface area contributed by atoms with Gasteiger partial charge < -0.3 is 10.1 Å². The first-order valence-corrected chi connectivity index (χ1v) is 6.19. The first-order chi connectivity index (χ1) is 8.18. The smallest absolute Gasteiger partial charge is 0.410 e. The second-order valence-corrected chi connectivity index (χ2v) is 4.52. The number of carbonyl (C=O) groups excluding carboxylic acids is 1. The van der Waals surface area contributed by atoms with Gasteiger partial charge in [0.15, 0.2) is 0 Å². The molecule has 0 atom stereocenters. The van der Waals surface area contributed by atoms with Crippen molar-refractivity contribution in [3.05, 3.63) is 30.3 Å². The topological polar surface area (TPSA) is 38.3 Å². The molecule has 0 radical (unpaired) electrons. The van der Waals surface area contributed by atoms with Crippen LogP contribution in [0, 0.1) is 5.92 Å². The van der Waals surface area contributed by atoms with Gasteiger partial charge in [-0.25, -0.2) is 4.79 Å². The second kappa shape index (κ2) is 7.71. The number of nitrogens with one attached hydrogen (secondary N) is 1. The normalized spacial score (nSPS) is 10.3. The van der Waals surface area contributed by atoms with Crippen LogP contribution < -0.4 is 10.1 Å². The van der Waals surface area contributed by atoms with Gasteiger partial charge in [0.2, 0.25) is 0 Å². The lowest BCUT2D eigenvalue weighted by atomic mass is 10.1. The van der Waals surface area contributed by atoms with Crippen molar-refractivity contribution in [1.29, 1.82) is 0 Å². The van der Waals surface area contributed by atoms with E-state index in [4.69, 9.17) is 4.74 Å². The van der Waals surface area contributed by atoms with Crippen LogP contribution in [-0.4, -0.2) is 12.6 Å². The van der Waals surface area contributed by atoms with E-state index in [9.17, 15) is 4.79 Å². The molecular formula is C14H21NO2. The lowest BCUT2D eigenvalue weighted by Gasteiger charge is -2.07. The second-order valence-electron chi connectivity index (χ2n) is 4.52. The minimum atomic E-state index is -0.374. The summed E-state index contributed by atoms with van der Waals surface area (Å²) in [6.45, 7) is 5.09. The summed E-state index contributed by atoms with van der Waals surface area (Å²) in [5, 5.41) is 2.74. The molecule has 1 N–H and O–H groups in total. The van der Waals surface area contributed by atoms with Crippen molar-refractivity contribution < 1.29 is 9.53 Å². The van der Waals surface area contributed by atoms with E-state index in [2.05, 4.69) is 19.2 Å². The van der Waals surface area contributed by atoms with E-state index in [-0.39, 0.29) is 6.09 Å². The maximum absolute atomic E-state index is 11.4. The Kier molecular flexibility index (Phi) is 6.15. The molecule has 1 amide bonds. The highest BCUT2D eigenvalue weighted by molar-refractivity contribution is 5.70. The number of benzene rings is 1. The summed E-state index contributed by atoms with van der Waals surface area (Å²) in [5.74, 6) is 1.30. The molecule has 17 heavy (non-hydrogen) atoms. The monoisotopic (exact) mass is 235 g/mol. The zero-order valence-electron chi connectivity index (χ0n) is 10.6. The highest BCUT2D eigenvalue weighted by Gasteiger charge is 2.02. The van der Waals surface area contributed by atoms with Gasteiger partial charge >= 0.3 is 6.09 Å². The molecule has 0 unspecified atom stereocenters. The zero-order chi connectivity index (χ0) is 12.5. The molecule has 0 aromatic heterocycles. The van der Waals surface area contributed by atoms with Crippen LogP contribution in [0.4, 0.5) is 4.79 Å². The average Bonchev–Trinajstić information content (AvgIpc) is 2.29. The standard InChI is InChI=1S/C14H21NO2/c1-12(2)8-6-7-11-15-14(16)17-13-9-4-3-5-10-13/h3-5,9-10,12H,6-8,11H2,1-2H3,(H,15,16). The molecule has 0 aliphatic rings. The maximum Gasteiger partial charge on any atom is 0.412 e. The van der Waals surface area contributed by atoms with Crippen LogP contribution in [0.15, 0.2) is 30.3 Å². The third-order valence-electron chi connectivity index (χ3n) is 2.43. The fourth-order valence-corrected chi connectivity index (χ4v) is 1.50. The van der Waals surface area contributed by atoms with E-state index < -0.39 is 0 Å². The molecule has 0 heterocycles. The van der Waals surface area contributed by atoms with E-state index >= 15 is 0 Å². The first-order valence-electron chi connectivity index (χ1n) is 6.19. The Morgan fingerprint density at radius 3 is 2.59 bits per heavy atom. The Balaban J connectivity index is 2.10. The Hall–Kier alpha value is -1.51. The van der Waals surface area contributed by atoms with Gasteiger partial charge in [-0.15, -0.1) is 0 Å². The summed E-state index contributed by atoms with van der Waals surface area (Å²) in [5.41, 5.74) is 0. The Morgan fingerprint density at radius 2 is 1.94 bits per heavy atom. The van der Waals surface area contributed by atoms with Gasteiger partial charge in [-0.05, 0) is 24.5 Å². The molecule has 0 saturated heterocycles. The number of hydrogen-bond donors (Lipinski definition) is 1. The lowest BCUT2D eigenvalue weighted by molar-refractivity contribution is 0.200. The molecule has 1 aromatic carbocycles. The molecule has 94 valence electrons. The lowest BCUT2D eigenvalue weighted by Crippen LogP contribution is -2.27.